The summed E-state index contributed by atoms with van der Waals surface area (Å²) in [6, 6.07) is 32.2. The Morgan fingerprint density at radius 3 is 1.23 bits per heavy atom. The first-order valence-corrected chi connectivity index (χ1v) is 39.7. The second-order valence-corrected chi connectivity index (χ2v) is 52.3. The van der Waals surface area contributed by atoms with Gasteiger partial charge in [0.05, 0.1) is 0 Å². The van der Waals surface area contributed by atoms with Crippen molar-refractivity contribution >= 4 is 50.6 Å². The Kier molecular flexibility index (Phi) is 13.1. The molecule has 2 aliphatic rings. The van der Waals surface area contributed by atoms with Crippen LogP contribution in [-0.4, -0.2) is 25.6 Å². The first-order chi connectivity index (χ1) is 26.6. The van der Waals surface area contributed by atoms with Crippen molar-refractivity contribution in [3.63, 3.8) is 0 Å². The van der Waals surface area contributed by atoms with E-state index in [9.17, 15) is 17.0 Å². The van der Waals surface area contributed by atoms with Crippen molar-refractivity contribution in [1.82, 2.24) is 4.14 Å². The van der Waals surface area contributed by atoms with Crippen molar-refractivity contribution in [2.75, 3.05) is 0 Å². The van der Waals surface area contributed by atoms with Crippen molar-refractivity contribution in [2.24, 2.45) is 11.8 Å². The summed E-state index contributed by atoms with van der Waals surface area (Å²) in [6.45, 7) is 34.0. The Labute approximate surface area is 358 Å². The molecule has 0 saturated carbocycles. The average molecular weight is 913 g/mol. The van der Waals surface area contributed by atoms with Crippen molar-refractivity contribution in [3.8, 4) is 22.3 Å². The predicted octanol–water partition coefficient (Wildman–Crippen LogP) is 16.2. The zero-order chi connectivity index (χ0) is 41.9. The Bertz CT molecular complexity index is 2040. The summed E-state index contributed by atoms with van der Waals surface area (Å²) in [5.74, 6) is 1.50. The normalized spacial score (nSPS) is 18.9. The zero-order valence-electron chi connectivity index (χ0n) is 37.5. The van der Waals surface area contributed by atoms with Crippen LogP contribution in [0, 0.1) is 11.8 Å². The number of allylic oxidation sites excluding steroid dienone is 2. The van der Waals surface area contributed by atoms with E-state index in [1.165, 1.54) is 66.8 Å². The summed E-state index contributed by atoms with van der Waals surface area (Å²) < 4.78 is 2.92. The molecule has 0 saturated heterocycles. The van der Waals surface area contributed by atoms with Gasteiger partial charge in [0, 0.05) is 0 Å². The molecular weight excluding hydrogens is 844 g/mol. The zero-order valence-corrected chi connectivity index (χ0v) is 43.5. The number of hydrogen-bond acceptors (Lipinski definition) is 1. The molecular formula is C50H69BCl2NSi2Zr. The molecule has 0 N–H and O–H groups in total. The van der Waals surface area contributed by atoms with Crippen molar-refractivity contribution in [1.29, 1.82) is 0 Å². The molecule has 0 fully saturated rings. The van der Waals surface area contributed by atoms with Crippen molar-refractivity contribution < 1.29 is 16.2 Å². The van der Waals surface area contributed by atoms with Gasteiger partial charge in [-0.3, -0.25) is 0 Å². The maximum absolute atomic E-state index is 9.32. The van der Waals surface area contributed by atoms with Gasteiger partial charge in [0.1, 0.15) is 0 Å². The van der Waals surface area contributed by atoms with Gasteiger partial charge in [-0.05, 0) is 0 Å². The fourth-order valence-corrected chi connectivity index (χ4v) is 52.9. The summed E-state index contributed by atoms with van der Waals surface area (Å²) in [7, 11) is 14.8. The van der Waals surface area contributed by atoms with E-state index in [1.54, 1.807) is 0 Å². The molecule has 0 heterocycles. The SMILES string of the molecule is CCC(C)C1=Cc2c(-c3ccccc3C(C)C)cccc2[CH]1[Zr]([Cl])([Cl])([BH]N([Si](C)(C)C)[Si](C)(C)C)[CH]1C(C(C)CC)=Cc2c(-c3ccccc3C(C)C)cccc21. The molecule has 6 rings (SSSR count). The van der Waals surface area contributed by atoms with Gasteiger partial charge in [-0.25, -0.2) is 0 Å². The molecule has 4 aromatic carbocycles. The average Bonchev–Trinajstić information content (AvgIpc) is 3.77. The molecule has 0 radical (unpaired) electrons. The number of rotatable bonds is 14. The van der Waals surface area contributed by atoms with Crippen molar-refractivity contribution in [2.45, 2.75) is 127 Å². The van der Waals surface area contributed by atoms with E-state index in [2.05, 4.69) is 196 Å². The van der Waals surface area contributed by atoms with E-state index in [4.69, 9.17) is 0 Å². The molecule has 57 heavy (non-hydrogen) atoms. The second-order valence-electron chi connectivity index (χ2n) is 20.2. The van der Waals surface area contributed by atoms with Crippen LogP contribution in [0.25, 0.3) is 34.4 Å². The van der Waals surface area contributed by atoms with E-state index in [0.29, 0.717) is 23.7 Å². The molecule has 1 nitrogen and oxygen atoms in total. The standard InChI is InChI=1S/2C22H25.C6H19BNSi2.2ClH.Zr/c2*1-5-16(4)18-13-17-9-8-12-21(22(17)14-18)20-11-7-6-10-19(20)15(2)3;1-9(2,3)8(7)10(4,5)6;;;/h2*6-16H,5H2,1-4H3;7H,1-6H3;2*1H;/q;;+1;;;+1/p-2. The first-order valence-electron chi connectivity index (χ1n) is 21.9. The number of fused-ring (bicyclic) bond motifs is 2. The molecule has 0 bridgehead atoms. The fourth-order valence-electron chi connectivity index (χ4n) is 10.6. The van der Waals surface area contributed by atoms with Crippen molar-refractivity contribution in [3.05, 3.63) is 129 Å². The predicted molar refractivity (Wildman–Crippen MR) is 260 cm³/mol. The minimum atomic E-state index is -5.41. The van der Waals surface area contributed by atoms with E-state index in [-0.39, 0.29) is 7.25 Å². The van der Waals surface area contributed by atoms with Gasteiger partial charge in [-0.15, -0.1) is 0 Å². The molecule has 4 aromatic rings. The van der Waals surface area contributed by atoms with Crippen LogP contribution in [0.5, 0.6) is 0 Å². The summed E-state index contributed by atoms with van der Waals surface area (Å²) in [5, 5.41) is 0. The Morgan fingerprint density at radius 1 is 0.544 bits per heavy atom. The van der Waals surface area contributed by atoms with Gasteiger partial charge in [-0.2, -0.15) is 0 Å². The van der Waals surface area contributed by atoms with Gasteiger partial charge in [-0.1, -0.05) is 0 Å². The molecule has 0 aliphatic heterocycles. The second kappa shape index (κ2) is 16.6. The third-order valence-corrected chi connectivity index (χ3v) is 40.5. The van der Waals surface area contributed by atoms with Crippen LogP contribution < -0.4 is 0 Å². The van der Waals surface area contributed by atoms with E-state index >= 15 is 0 Å². The summed E-state index contributed by atoms with van der Waals surface area (Å²) >= 11 is -5.41. The van der Waals surface area contributed by atoms with Crippen LogP contribution in [0.2, 0.25) is 39.3 Å². The van der Waals surface area contributed by atoms with Crippen LogP contribution in [0.4, 0.5) is 0 Å². The number of benzene rings is 4. The Morgan fingerprint density at radius 2 is 0.895 bits per heavy atom. The van der Waals surface area contributed by atoms with Gasteiger partial charge in [0.2, 0.25) is 0 Å². The molecule has 0 spiro atoms. The van der Waals surface area contributed by atoms with E-state index in [0.717, 1.165) is 17.8 Å². The Hall–Kier alpha value is -1.72. The van der Waals surface area contributed by atoms with E-state index in [1.807, 2.05) is 0 Å². The number of halogens is 2. The quantitative estimate of drug-likeness (QED) is 0.114. The molecule has 303 valence electrons. The molecule has 0 aromatic heterocycles. The summed E-state index contributed by atoms with van der Waals surface area (Å²) in [4.78, 5) is 0.811. The first kappa shape index (κ1) is 44.8. The molecule has 4 unspecified atom stereocenters. The van der Waals surface area contributed by atoms with Crippen LogP contribution >= 0.6 is 17.0 Å². The molecule has 4 atom stereocenters. The van der Waals surface area contributed by atoms with Gasteiger partial charge in [0.15, 0.2) is 0 Å². The van der Waals surface area contributed by atoms with Crippen LogP contribution in [0.1, 0.15) is 121 Å². The van der Waals surface area contributed by atoms with Gasteiger partial charge < -0.3 is 0 Å². The van der Waals surface area contributed by atoms with Crippen LogP contribution in [0.3, 0.4) is 0 Å². The molecule has 7 heteroatoms. The fraction of sp³-hybridized carbons (Fsp3) is 0.440. The topological polar surface area (TPSA) is 3.24 Å². The maximum atomic E-state index is 9.32. The van der Waals surface area contributed by atoms with E-state index < -0.39 is 32.6 Å². The monoisotopic (exact) mass is 910 g/mol. The molecule has 0 amide bonds. The van der Waals surface area contributed by atoms with Gasteiger partial charge in [0.25, 0.3) is 0 Å². The minimum absolute atomic E-state index is 0.0175. The molecule has 2 aliphatic carbocycles. The van der Waals surface area contributed by atoms with Crippen LogP contribution in [0.15, 0.2) is 96.1 Å². The van der Waals surface area contributed by atoms with Crippen LogP contribution in [-0.2, 0) is 16.2 Å². The summed E-state index contributed by atoms with van der Waals surface area (Å²) in [5.41, 5.74) is 16.4. The third-order valence-electron chi connectivity index (χ3n) is 13.6. The van der Waals surface area contributed by atoms with Gasteiger partial charge >= 0.3 is 361 Å². The Balaban J connectivity index is 1.74. The number of nitrogens with zero attached hydrogens (tertiary/aromatic N) is 1. The summed E-state index contributed by atoms with van der Waals surface area (Å²) in [6.07, 6.45) is 7.24. The third kappa shape index (κ3) is 8.23. The number of hydrogen-bond donors (Lipinski definition) is 0.